The Morgan fingerprint density at radius 3 is 2.82 bits per heavy atom. The number of H-pyrrole nitrogens is 1. The molecule has 0 bridgehead atoms. The smallest absolute Gasteiger partial charge is 0.259 e. The van der Waals surface area contributed by atoms with Crippen LogP contribution in [0.25, 0.3) is 0 Å². The fourth-order valence-electron chi connectivity index (χ4n) is 1.50. The third kappa shape index (κ3) is 2.55. The van der Waals surface area contributed by atoms with E-state index in [-0.39, 0.29) is 5.91 Å². The molecule has 1 aromatic heterocycles. The van der Waals surface area contributed by atoms with Crippen LogP contribution in [0.5, 0.6) is 0 Å². The molecule has 88 valence electrons. The number of aryl methyl sites for hydroxylation is 2. The lowest BCUT2D eigenvalue weighted by atomic mass is 10.2. The summed E-state index contributed by atoms with van der Waals surface area (Å²) in [5.74, 6) is -0.164. The van der Waals surface area contributed by atoms with Gasteiger partial charge in [0.2, 0.25) is 0 Å². The van der Waals surface area contributed by atoms with Crippen LogP contribution < -0.4 is 5.32 Å². The Hall–Kier alpha value is -1.62. The highest BCUT2D eigenvalue weighted by molar-refractivity contribution is 9.10. The molecular formula is C12H12BrN3O. The van der Waals surface area contributed by atoms with E-state index in [0.717, 1.165) is 21.4 Å². The van der Waals surface area contributed by atoms with Crippen molar-refractivity contribution in [3.8, 4) is 0 Å². The molecule has 0 aliphatic heterocycles. The summed E-state index contributed by atoms with van der Waals surface area (Å²) in [5, 5.41) is 9.41. The summed E-state index contributed by atoms with van der Waals surface area (Å²) in [5.41, 5.74) is 3.16. The van der Waals surface area contributed by atoms with E-state index in [4.69, 9.17) is 0 Å². The van der Waals surface area contributed by atoms with E-state index < -0.39 is 0 Å². The van der Waals surface area contributed by atoms with E-state index in [9.17, 15) is 4.79 Å². The topological polar surface area (TPSA) is 57.8 Å². The van der Waals surface area contributed by atoms with Gasteiger partial charge in [0, 0.05) is 10.2 Å². The van der Waals surface area contributed by atoms with Gasteiger partial charge in [0.05, 0.1) is 17.4 Å². The first kappa shape index (κ1) is 11.9. The maximum absolute atomic E-state index is 12.0. The van der Waals surface area contributed by atoms with Crippen LogP contribution in [-0.4, -0.2) is 16.1 Å². The van der Waals surface area contributed by atoms with Crippen molar-refractivity contribution in [1.82, 2.24) is 10.2 Å². The lowest BCUT2D eigenvalue weighted by Crippen LogP contribution is -2.12. The van der Waals surface area contributed by atoms with E-state index in [1.54, 1.807) is 0 Å². The number of carbonyl (C=O) groups is 1. The number of hydrogen-bond donors (Lipinski definition) is 2. The number of aromatic amines is 1. The molecule has 0 saturated carbocycles. The minimum Gasteiger partial charge on any atom is -0.321 e. The molecule has 0 saturated heterocycles. The average molecular weight is 294 g/mol. The monoisotopic (exact) mass is 293 g/mol. The minimum atomic E-state index is -0.164. The van der Waals surface area contributed by atoms with Gasteiger partial charge in [-0.15, -0.1) is 0 Å². The van der Waals surface area contributed by atoms with Crippen molar-refractivity contribution in [3.05, 3.63) is 45.7 Å². The second-order valence-corrected chi connectivity index (χ2v) is 4.70. The molecule has 17 heavy (non-hydrogen) atoms. The predicted molar refractivity (Wildman–Crippen MR) is 70.2 cm³/mol. The molecule has 0 atom stereocenters. The number of hydrogen-bond acceptors (Lipinski definition) is 2. The van der Waals surface area contributed by atoms with Gasteiger partial charge in [0.25, 0.3) is 5.91 Å². The first-order valence-corrected chi connectivity index (χ1v) is 5.94. The Balaban J connectivity index is 2.24. The van der Waals surface area contributed by atoms with Crippen molar-refractivity contribution in [2.24, 2.45) is 0 Å². The number of amides is 1. The Morgan fingerprint density at radius 2 is 2.18 bits per heavy atom. The summed E-state index contributed by atoms with van der Waals surface area (Å²) in [6.07, 6.45) is 1.52. The Kier molecular flexibility index (Phi) is 3.28. The molecule has 5 heteroatoms. The van der Waals surface area contributed by atoms with Crippen LogP contribution in [0.3, 0.4) is 0 Å². The number of rotatable bonds is 2. The number of halogens is 1. The average Bonchev–Trinajstić information content (AvgIpc) is 2.70. The number of nitrogens with zero attached hydrogens (tertiary/aromatic N) is 1. The quantitative estimate of drug-likeness (QED) is 0.894. The molecule has 4 nitrogen and oxygen atoms in total. The largest absolute Gasteiger partial charge is 0.321 e. The van der Waals surface area contributed by atoms with E-state index in [1.807, 2.05) is 32.0 Å². The summed E-state index contributed by atoms with van der Waals surface area (Å²) in [6, 6.07) is 5.80. The lowest BCUT2D eigenvalue weighted by Gasteiger charge is -2.07. The lowest BCUT2D eigenvalue weighted by molar-refractivity contribution is 0.102. The molecular weight excluding hydrogens is 282 g/mol. The van der Waals surface area contributed by atoms with Gasteiger partial charge in [-0.25, -0.2) is 0 Å². The van der Waals surface area contributed by atoms with Crippen LogP contribution in [0.15, 0.2) is 28.9 Å². The van der Waals surface area contributed by atoms with Gasteiger partial charge in [0.15, 0.2) is 0 Å². The van der Waals surface area contributed by atoms with Crippen molar-refractivity contribution in [1.29, 1.82) is 0 Å². The van der Waals surface area contributed by atoms with Gasteiger partial charge in [0.1, 0.15) is 0 Å². The van der Waals surface area contributed by atoms with Gasteiger partial charge < -0.3 is 5.32 Å². The highest BCUT2D eigenvalue weighted by Gasteiger charge is 2.12. The molecule has 0 fully saturated rings. The molecule has 1 amide bonds. The first-order valence-electron chi connectivity index (χ1n) is 5.15. The van der Waals surface area contributed by atoms with Crippen molar-refractivity contribution in [2.45, 2.75) is 13.8 Å². The Labute approximate surface area is 108 Å². The molecule has 1 heterocycles. The Morgan fingerprint density at radius 1 is 1.41 bits per heavy atom. The summed E-state index contributed by atoms with van der Waals surface area (Å²) >= 11 is 3.40. The molecule has 0 spiro atoms. The second-order valence-electron chi connectivity index (χ2n) is 3.85. The fourth-order valence-corrected chi connectivity index (χ4v) is 1.85. The van der Waals surface area contributed by atoms with Crippen molar-refractivity contribution >= 4 is 27.5 Å². The zero-order valence-corrected chi connectivity index (χ0v) is 11.1. The van der Waals surface area contributed by atoms with Gasteiger partial charge in [-0.05, 0) is 47.5 Å². The summed E-state index contributed by atoms with van der Waals surface area (Å²) < 4.78 is 0.859. The Bertz CT molecular complexity index is 563. The van der Waals surface area contributed by atoms with Crippen molar-refractivity contribution < 1.29 is 4.79 Å². The van der Waals surface area contributed by atoms with Crippen LogP contribution in [0.2, 0.25) is 0 Å². The van der Waals surface area contributed by atoms with Crippen LogP contribution in [0, 0.1) is 13.8 Å². The minimum absolute atomic E-state index is 0.164. The molecule has 2 rings (SSSR count). The van der Waals surface area contributed by atoms with E-state index in [1.165, 1.54) is 6.20 Å². The highest BCUT2D eigenvalue weighted by atomic mass is 79.9. The first-order chi connectivity index (χ1) is 8.08. The third-order valence-corrected chi connectivity index (χ3v) is 3.14. The zero-order chi connectivity index (χ0) is 12.4. The standard InChI is InChI=1S/C12H12BrN3O/c1-7-3-4-10(13)11(5-7)15-12(17)9-6-14-16-8(9)2/h3-6H,1-2H3,(H,14,16)(H,15,17). The predicted octanol–water partition coefficient (Wildman–Crippen LogP) is 3.04. The maximum Gasteiger partial charge on any atom is 0.259 e. The normalized spacial score (nSPS) is 10.3. The van der Waals surface area contributed by atoms with Gasteiger partial charge >= 0.3 is 0 Å². The third-order valence-electron chi connectivity index (χ3n) is 2.44. The molecule has 1 aromatic carbocycles. The van der Waals surface area contributed by atoms with Gasteiger partial charge in [-0.1, -0.05) is 6.07 Å². The molecule has 0 unspecified atom stereocenters. The van der Waals surface area contributed by atoms with Crippen molar-refractivity contribution in [2.75, 3.05) is 5.32 Å². The molecule has 0 radical (unpaired) electrons. The number of anilines is 1. The van der Waals surface area contributed by atoms with Crippen molar-refractivity contribution in [3.63, 3.8) is 0 Å². The summed E-state index contributed by atoms with van der Waals surface area (Å²) in [4.78, 5) is 12.0. The number of carbonyl (C=O) groups excluding carboxylic acids is 1. The van der Waals surface area contributed by atoms with Crippen LogP contribution in [0.4, 0.5) is 5.69 Å². The summed E-state index contributed by atoms with van der Waals surface area (Å²) in [7, 11) is 0. The van der Waals surface area contributed by atoms with E-state index in [2.05, 4.69) is 31.4 Å². The zero-order valence-electron chi connectivity index (χ0n) is 9.54. The van der Waals surface area contributed by atoms with Crippen LogP contribution in [-0.2, 0) is 0 Å². The number of benzene rings is 1. The second kappa shape index (κ2) is 4.71. The number of aromatic nitrogens is 2. The van der Waals surface area contributed by atoms with Crippen LogP contribution in [0.1, 0.15) is 21.6 Å². The SMILES string of the molecule is Cc1ccc(Br)c(NC(=O)c2cn[nH]c2C)c1. The van der Waals surface area contributed by atoms with Crippen LogP contribution >= 0.6 is 15.9 Å². The van der Waals surface area contributed by atoms with Gasteiger partial charge in [-0.2, -0.15) is 5.10 Å². The van der Waals surface area contributed by atoms with E-state index in [0.29, 0.717) is 5.56 Å². The maximum atomic E-state index is 12.0. The van der Waals surface area contributed by atoms with E-state index >= 15 is 0 Å². The molecule has 2 N–H and O–H groups in total. The summed E-state index contributed by atoms with van der Waals surface area (Å²) in [6.45, 7) is 3.79. The molecule has 0 aliphatic carbocycles. The number of nitrogens with one attached hydrogen (secondary N) is 2. The van der Waals surface area contributed by atoms with Gasteiger partial charge in [-0.3, -0.25) is 9.89 Å². The fraction of sp³-hybridized carbons (Fsp3) is 0.167. The molecule has 0 aliphatic rings. The highest BCUT2D eigenvalue weighted by Crippen LogP contribution is 2.24. The molecule has 2 aromatic rings.